The summed E-state index contributed by atoms with van der Waals surface area (Å²) in [5, 5.41) is 0. The molecule has 2 heteroatoms. The Balaban J connectivity index is 2.85. The molecule has 1 aromatic carbocycles. The van der Waals surface area contributed by atoms with Crippen LogP contribution in [0.25, 0.3) is 0 Å². The van der Waals surface area contributed by atoms with Crippen molar-refractivity contribution >= 4 is 23.2 Å². The molecule has 0 aliphatic heterocycles. The normalized spacial score (nSPS) is 12.4. The van der Waals surface area contributed by atoms with Gasteiger partial charge in [0.15, 0.2) is 0 Å². The average molecular weight is 257 g/mol. The maximum atomic E-state index is 5.76. The molecule has 0 saturated carbocycles. The van der Waals surface area contributed by atoms with Gasteiger partial charge in [-0.3, -0.25) is 0 Å². The minimum Gasteiger partial charge on any atom is -0.0710 e. The van der Waals surface area contributed by atoms with Crippen LogP contribution < -0.4 is 0 Å². The zero-order valence-electron chi connectivity index (χ0n) is 10.3. The van der Waals surface area contributed by atoms with Crippen molar-refractivity contribution in [2.75, 3.05) is 0 Å². The Morgan fingerprint density at radius 3 is 2.31 bits per heavy atom. The number of allylic oxidation sites excluding steroid dienone is 1. The van der Waals surface area contributed by atoms with Gasteiger partial charge in [-0.25, -0.2) is 0 Å². The van der Waals surface area contributed by atoms with Crippen LogP contribution in [0.1, 0.15) is 42.9 Å². The Morgan fingerprint density at radius 2 is 1.81 bits per heavy atom. The SMILES string of the molecule is CC(CC(C)c1ccc(C)c(C)c1)=C(Cl)Cl. The molecule has 0 bridgehead atoms. The van der Waals surface area contributed by atoms with E-state index in [2.05, 4.69) is 39.0 Å². The van der Waals surface area contributed by atoms with E-state index in [0.717, 1.165) is 12.0 Å². The lowest BCUT2D eigenvalue weighted by Gasteiger charge is -2.14. The lowest BCUT2D eigenvalue weighted by atomic mass is 9.92. The summed E-state index contributed by atoms with van der Waals surface area (Å²) < 4.78 is 0.399. The molecule has 1 aromatic rings. The highest BCUT2D eigenvalue weighted by Gasteiger charge is 2.08. The third-order valence-corrected chi connectivity index (χ3v) is 3.68. The number of hydrogen-bond donors (Lipinski definition) is 0. The Hall–Kier alpha value is -0.460. The largest absolute Gasteiger partial charge is 0.105 e. The highest BCUT2D eigenvalue weighted by molar-refractivity contribution is 6.56. The fraction of sp³-hybridized carbons (Fsp3) is 0.429. The van der Waals surface area contributed by atoms with E-state index < -0.39 is 0 Å². The van der Waals surface area contributed by atoms with Gasteiger partial charge in [-0.2, -0.15) is 0 Å². The van der Waals surface area contributed by atoms with Gasteiger partial charge in [-0.1, -0.05) is 48.3 Å². The number of rotatable bonds is 3. The first-order valence-corrected chi connectivity index (χ1v) is 6.25. The molecule has 1 rings (SSSR count). The molecular weight excluding hydrogens is 239 g/mol. The van der Waals surface area contributed by atoms with Gasteiger partial charge in [0.1, 0.15) is 4.49 Å². The molecule has 0 heterocycles. The molecule has 16 heavy (non-hydrogen) atoms. The van der Waals surface area contributed by atoms with Crippen LogP contribution in [0, 0.1) is 13.8 Å². The smallest absolute Gasteiger partial charge is 0.0710 e. The number of halogens is 2. The Bertz CT molecular complexity index is 401. The highest BCUT2D eigenvalue weighted by Crippen LogP contribution is 2.28. The zero-order valence-corrected chi connectivity index (χ0v) is 11.8. The lowest BCUT2D eigenvalue weighted by molar-refractivity contribution is 0.750. The molecular formula is C14H18Cl2. The van der Waals surface area contributed by atoms with E-state index in [1.807, 2.05) is 6.92 Å². The summed E-state index contributed by atoms with van der Waals surface area (Å²) in [6.45, 7) is 8.45. The summed E-state index contributed by atoms with van der Waals surface area (Å²) in [6, 6.07) is 6.60. The molecule has 0 saturated heterocycles. The van der Waals surface area contributed by atoms with E-state index >= 15 is 0 Å². The summed E-state index contributed by atoms with van der Waals surface area (Å²) in [5.41, 5.74) is 5.06. The number of hydrogen-bond acceptors (Lipinski definition) is 0. The Morgan fingerprint density at radius 1 is 1.19 bits per heavy atom. The van der Waals surface area contributed by atoms with Gasteiger partial charge in [-0.15, -0.1) is 0 Å². The van der Waals surface area contributed by atoms with Gasteiger partial charge in [-0.05, 0) is 55.4 Å². The molecule has 1 unspecified atom stereocenters. The van der Waals surface area contributed by atoms with Gasteiger partial charge >= 0.3 is 0 Å². The molecule has 0 aliphatic carbocycles. The van der Waals surface area contributed by atoms with Gasteiger partial charge in [0, 0.05) is 0 Å². The summed E-state index contributed by atoms with van der Waals surface area (Å²) >= 11 is 11.5. The molecule has 0 radical (unpaired) electrons. The standard InChI is InChI=1S/C14H18Cl2/c1-9-5-6-13(8-10(9)2)11(3)7-12(4)14(15)16/h5-6,8,11H,7H2,1-4H3. The van der Waals surface area contributed by atoms with E-state index in [1.54, 1.807) is 0 Å². The molecule has 0 nitrogen and oxygen atoms in total. The molecule has 0 aromatic heterocycles. The van der Waals surface area contributed by atoms with Crippen molar-refractivity contribution in [2.45, 2.75) is 40.0 Å². The minimum atomic E-state index is 0.399. The summed E-state index contributed by atoms with van der Waals surface area (Å²) in [6.07, 6.45) is 0.908. The van der Waals surface area contributed by atoms with Crippen LogP contribution >= 0.6 is 23.2 Å². The topological polar surface area (TPSA) is 0 Å². The van der Waals surface area contributed by atoms with E-state index in [9.17, 15) is 0 Å². The molecule has 0 spiro atoms. The van der Waals surface area contributed by atoms with Crippen molar-refractivity contribution in [3.8, 4) is 0 Å². The molecule has 1 atom stereocenters. The van der Waals surface area contributed by atoms with Crippen LogP contribution in [0.5, 0.6) is 0 Å². The van der Waals surface area contributed by atoms with Crippen LogP contribution in [0.4, 0.5) is 0 Å². The second-order valence-corrected chi connectivity index (χ2v) is 5.44. The van der Waals surface area contributed by atoms with Crippen LogP contribution in [0.3, 0.4) is 0 Å². The third-order valence-electron chi connectivity index (χ3n) is 3.03. The van der Waals surface area contributed by atoms with Crippen molar-refractivity contribution in [3.05, 3.63) is 45.0 Å². The minimum absolute atomic E-state index is 0.399. The highest BCUT2D eigenvalue weighted by atomic mass is 35.5. The predicted molar refractivity (Wildman–Crippen MR) is 73.4 cm³/mol. The Kier molecular flexibility index (Phi) is 4.89. The molecule has 0 amide bonds. The van der Waals surface area contributed by atoms with E-state index in [0.29, 0.717) is 10.4 Å². The number of aryl methyl sites for hydroxylation is 2. The second-order valence-electron chi connectivity index (χ2n) is 4.49. The number of benzene rings is 1. The van der Waals surface area contributed by atoms with E-state index in [4.69, 9.17) is 23.2 Å². The molecule has 88 valence electrons. The first-order chi connectivity index (χ1) is 7.41. The van der Waals surface area contributed by atoms with Crippen LogP contribution in [0.2, 0.25) is 0 Å². The van der Waals surface area contributed by atoms with Crippen LogP contribution in [0.15, 0.2) is 28.3 Å². The first-order valence-electron chi connectivity index (χ1n) is 5.49. The fourth-order valence-corrected chi connectivity index (χ4v) is 1.88. The molecule has 0 aliphatic rings. The molecule has 0 fully saturated rings. The summed E-state index contributed by atoms with van der Waals surface area (Å²) in [5.74, 6) is 0.451. The van der Waals surface area contributed by atoms with Crippen molar-refractivity contribution in [2.24, 2.45) is 0 Å². The van der Waals surface area contributed by atoms with Crippen molar-refractivity contribution in [3.63, 3.8) is 0 Å². The summed E-state index contributed by atoms with van der Waals surface area (Å²) in [7, 11) is 0. The van der Waals surface area contributed by atoms with E-state index in [-0.39, 0.29) is 0 Å². The van der Waals surface area contributed by atoms with Crippen molar-refractivity contribution < 1.29 is 0 Å². The third kappa shape index (κ3) is 3.54. The zero-order chi connectivity index (χ0) is 12.3. The lowest BCUT2D eigenvalue weighted by Crippen LogP contribution is -1.96. The fourth-order valence-electron chi connectivity index (χ4n) is 1.73. The van der Waals surface area contributed by atoms with Gasteiger partial charge in [0.25, 0.3) is 0 Å². The van der Waals surface area contributed by atoms with Gasteiger partial charge < -0.3 is 0 Å². The van der Waals surface area contributed by atoms with Crippen LogP contribution in [-0.2, 0) is 0 Å². The van der Waals surface area contributed by atoms with Crippen molar-refractivity contribution in [1.82, 2.24) is 0 Å². The summed E-state index contributed by atoms with van der Waals surface area (Å²) in [4.78, 5) is 0. The predicted octanol–water partition coefficient (Wildman–Crippen LogP) is 5.51. The van der Waals surface area contributed by atoms with Gasteiger partial charge in [0.2, 0.25) is 0 Å². The monoisotopic (exact) mass is 256 g/mol. The van der Waals surface area contributed by atoms with Gasteiger partial charge in [0.05, 0.1) is 0 Å². The quantitative estimate of drug-likeness (QED) is 0.670. The van der Waals surface area contributed by atoms with Crippen molar-refractivity contribution in [1.29, 1.82) is 0 Å². The molecule has 0 N–H and O–H groups in total. The maximum Gasteiger partial charge on any atom is 0.105 e. The average Bonchev–Trinajstić information content (AvgIpc) is 2.21. The van der Waals surface area contributed by atoms with Crippen LogP contribution in [-0.4, -0.2) is 0 Å². The second kappa shape index (κ2) is 5.75. The first kappa shape index (κ1) is 13.6. The Labute approximate surface area is 108 Å². The maximum absolute atomic E-state index is 5.76. The van der Waals surface area contributed by atoms with E-state index in [1.165, 1.54) is 16.7 Å².